The molecule has 1 fully saturated rings. The molecule has 1 aromatic heterocycles. The van der Waals surface area contributed by atoms with Crippen molar-refractivity contribution in [2.45, 2.75) is 33.1 Å². The second-order valence-electron chi connectivity index (χ2n) is 4.92. The normalized spacial score (nSPS) is 23.7. The molecule has 2 rings (SSSR count). The molecule has 17 heavy (non-hydrogen) atoms. The van der Waals surface area contributed by atoms with E-state index in [2.05, 4.69) is 27.6 Å². The van der Waals surface area contributed by atoms with Crippen molar-refractivity contribution in [3.63, 3.8) is 0 Å². The van der Waals surface area contributed by atoms with Crippen LogP contribution in [0.15, 0.2) is 6.20 Å². The number of rotatable bonds is 4. The van der Waals surface area contributed by atoms with Gasteiger partial charge in [0.15, 0.2) is 0 Å². The standard InChI is InChI=1S/C12H21N5/c1-8-4-3-5-10(8)7-14-11-9(2)6-15-12(16-11)17-13/h6,8,10H,3-5,7,13H2,1-2H3,(H2,14,15,16,17). The lowest BCUT2D eigenvalue weighted by atomic mass is 9.98. The fourth-order valence-electron chi connectivity index (χ4n) is 2.44. The summed E-state index contributed by atoms with van der Waals surface area (Å²) in [4.78, 5) is 8.38. The highest BCUT2D eigenvalue weighted by Crippen LogP contribution is 2.31. The molecule has 0 aliphatic heterocycles. The van der Waals surface area contributed by atoms with E-state index in [1.165, 1.54) is 19.3 Å². The van der Waals surface area contributed by atoms with Gasteiger partial charge in [-0.2, -0.15) is 4.98 Å². The van der Waals surface area contributed by atoms with Crippen molar-refractivity contribution in [1.29, 1.82) is 0 Å². The summed E-state index contributed by atoms with van der Waals surface area (Å²) in [6, 6.07) is 0. The van der Waals surface area contributed by atoms with Gasteiger partial charge in [-0.25, -0.2) is 10.8 Å². The molecule has 2 unspecified atom stereocenters. The monoisotopic (exact) mass is 235 g/mol. The maximum Gasteiger partial charge on any atom is 0.239 e. The fourth-order valence-corrected chi connectivity index (χ4v) is 2.44. The van der Waals surface area contributed by atoms with Crippen molar-refractivity contribution < 1.29 is 0 Å². The van der Waals surface area contributed by atoms with E-state index in [-0.39, 0.29) is 0 Å². The van der Waals surface area contributed by atoms with Crippen LogP contribution in [0.25, 0.3) is 0 Å². The Labute approximate surface area is 102 Å². The molecule has 1 saturated carbocycles. The summed E-state index contributed by atoms with van der Waals surface area (Å²) in [5.74, 6) is 8.22. The van der Waals surface area contributed by atoms with Crippen LogP contribution in [0.2, 0.25) is 0 Å². The van der Waals surface area contributed by atoms with Crippen molar-refractivity contribution >= 4 is 11.8 Å². The van der Waals surface area contributed by atoms with E-state index in [4.69, 9.17) is 5.84 Å². The van der Waals surface area contributed by atoms with E-state index >= 15 is 0 Å². The van der Waals surface area contributed by atoms with Crippen LogP contribution in [0.5, 0.6) is 0 Å². The number of aryl methyl sites for hydroxylation is 1. The zero-order valence-corrected chi connectivity index (χ0v) is 10.5. The van der Waals surface area contributed by atoms with E-state index < -0.39 is 0 Å². The third kappa shape index (κ3) is 2.85. The predicted octanol–water partition coefficient (Wildman–Crippen LogP) is 1.92. The minimum Gasteiger partial charge on any atom is -0.369 e. The minimum absolute atomic E-state index is 0.456. The van der Waals surface area contributed by atoms with Crippen LogP contribution in [-0.2, 0) is 0 Å². The van der Waals surface area contributed by atoms with Crippen LogP contribution in [0.3, 0.4) is 0 Å². The van der Waals surface area contributed by atoms with Crippen LogP contribution >= 0.6 is 0 Å². The van der Waals surface area contributed by atoms with Gasteiger partial charge in [0, 0.05) is 18.3 Å². The molecule has 1 aromatic rings. The first-order valence-corrected chi connectivity index (χ1v) is 6.25. The highest BCUT2D eigenvalue weighted by atomic mass is 15.3. The van der Waals surface area contributed by atoms with E-state index in [1.54, 1.807) is 6.20 Å². The average Bonchev–Trinajstić information content (AvgIpc) is 2.74. The second kappa shape index (κ2) is 5.31. The van der Waals surface area contributed by atoms with E-state index in [9.17, 15) is 0 Å². The summed E-state index contributed by atoms with van der Waals surface area (Å²) in [6.07, 6.45) is 5.81. The van der Waals surface area contributed by atoms with Crippen molar-refractivity contribution in [2.24, 2.45) is 17.7 Å². The smallest absolute Gasteiger partial charge is 0.239 e. The van der Waals surface area contributed by atoms with Gasteiger partial charge in [0.25, 0.3) is 0 Å². The first-order valence-electron chi connectivity index (χ1n) is 6.25. The van der Waals surface area contributed by atoms with Gasteiger partial charge in [0.05, 0.1) is 0 Å². The maximum absolute atomic E-state index is 5.31. The van der Waals surface area contributed by atoms with E-state index in [0.29, 0.717) is 5.95 Å². The van der Waals surface area contributed by atoms with Crippen molar-refractivity contribution in [1.82, 2.24) is 9.97 Å². The van der Waals surface area contributed by atoms with Gasteiger partial charge < -0.3 is 5.32 Å². The molecule has 1 aliphatic carbocycles. The van der Waals surface area contributed by atoms with Crippen LogP contribution < -0.4 is 16.6 Å². The van der Waals surface area contributed by atoms with Crippen LogP contribution in [-0.4, -0.2) is 16.5 Å². The van der Waals surface area contributed by atoms with Gasteiger partial charge in [0.2, 0.25) is 5.95 Å². The zero-order chi connectivity index (χ0) is 12.3. The van der Waals surface area contributed by atoms with Crippen LogP contribution in [0.4, 0.5) is 11.8 Å². The molecule has 94 valence electrons. The summed E-state index contributed by atoms with van der Waals surface area (Å²) in [6.45, 7) is 5.32. The molecule has 0 amide bonds. The molecule has 5 heteroatoms. The Morgan fingerprint density at radius 1 is 1.47 bits per heavy atom. The number of anilines is 2. The van der Waals surface area contributed by atoms with Gasteiger partial charge in [-0.05, 0) is 25.2 Å². The molecule has 5 nitrogen and oxygen atoms in total. The Morgan fingerprint density at radius 2 is 2.29 bits per heavy atom. The van der Waals surface area contributed by atoms with Crippen LogP contribution in [0.1, 0.15) is 31.7 Å². The molecule has 0 radical (unpaired) electrons. The van der Waals surface area contributed by atoms with Gasteiger partial charge in [0.1, 0.15) is 5.82 Å². The summed E-state index contributed by atoms with van der Waals surface area (Å²) in [5.41, 5.74) is 3.52. The van der Waals surface area contributed by atoms with Gasteiger partial charge in [-0.3, -0.25) is 5.43 Å². The lowest BCUT2D eigenvalue weighted by Gasteiger charge is -2.17. The highest BCUT2D eigenvalue weighted by Gasteiger charge is 2.23. The number of hydrogen-bond donors (Lipinski definition) is 3. The van der Waals surface area contributed by atoms with Crippen molar-refractivity contribution in [3.05, 3.63) is 11.8 Å². The quantitative estimate of drug-likeness (QED) is 0.549. The summed E-state index contributed by atoms with van der Waals surface area (Å²) < 4.78 is 0. The third-order valence-electron chi connectivity index (χ3n) is 3.67. The zero-order valence-electron chi connectivity index (χ0n) is 10.5. The van der Waals surface area contributed by atoms with Gasteiger partial charge >= 0.3 is 0 Å². The van der Waals surface area contributed by atoms with Gasteiger partial charge in [-0.1, -0.05) is 19.8 Å². The van der Waals surface area contributed by atoms with Gasteiger partial charge in [-0.15, -0.1) is 0 Å². The highest BCUT2D eigenvalue weighted by molar-refractivity contribution is 5.46. The lowest BCUT2D eigenvalue weighted by molar-refractivity contribution is 0.439. The molecule has 1 aliphatic rings. The minimum atomic E-state index is 0.456. The number of nitrogens with two attached hydrogens (primary N) is 1. The molecule has 0 bridgehead atoms. The largest absolute Gasteiger partial charge is 0.369 e. The molecule has 1 heterocycles. The molecule has 4 N–H and O–H groups in total. The van der Waals surface area contributed by atoms with Crippen molar-refractivity contribution in [2.75, 3.05) is 17.3 Å². The number of aromatic nitrogens is 2. The first kappa shape index (κ1) is 12.1. The SMILES string of the molecule is Cc1cnc(NN)nc1NCC1CCCC1C. The molecule has 0 saturated heterocycles. The lowest BCUT2D eigenvalue weighted by Crippen LogP contribution is -2.18. The fraction of sp³-hybridized carbons (Fsp3) is 0.667. The molecule has 0 spiro atoms. The molecule has 2 atom stereocenters. The first-order chi connectivity index (χ1) is 8.20. The predicted molar refractivity (Wildman–Crippen MR) is 69.6 cm³/mol. The topological polar surface area (TPSA) is 75.9 Å². The number of hydrogen-bond acceptors (Lipinski definition) is 5. The number of nitrogens with one attached hydrogen (secondary N) is 2. The number of nitrogens with zero attached hydrogens (tertiary/aromatic N) is 2. The summed E-state index contributed by atoms with van der Waals surface area (Å²) in [7, 11) is 0. The Morgan fingerprint density at radius 3 is 2.94 bits per heavy atom. The molecular weight excluding hydrogens is 214 g/mol. The Balaban J connectivity index is 1.98. The third-order valence-corrected chi connectivity index (χ3v) is 3.67. The Bertz CT molecular complexity index is 379. The average molecular weight is 235 g/mol. The van der Waals surface area contributed by atoms with Crippen molar-refractivity contribution in [3.8, 4) is 0 Å². The maximum atomic E-state index is 5.31. The summed E-state index contributed by atoms with van der Waals surface area (Å²) >= 11 is 0. The van der Waals surface area contributed by atoms with E-state index in [1.807, 2.05) is 6.92 Å². The van der Waals surface area contributed by atoms with E-state index in [0.717, 1.165) is 29.8 Å². The van der Waals surface area contributed by atoms with Crippen LogP contribution in [0, 0.1) is 18.8 Å². The number of nitrogen functional groups attached to an aromatic ring is 1. The Kier molecular flexibility index (Phi) is 3.78. The summed E-state index contributed by atoms with van der Waals surface area (Å²) in [5, 5.41) is 3.41. The number of hydrazine groups is 1. The molecular formula is C12H21N5. The molecule has 0 aromatic carbocycles. The Hall–Kier alpha value is -1.36. The second-order valence-corrected chi connectivity index (χ2v) is 4.92.